The van der Waals surface area contributed by atoms with Crippen molar-refractivity contribution in [1.82, 2.24) is 0 Å². The molecule has 30 heavy (non-hydrogen) atoms. The maximum atomic E-state index is 13.7. The lowest BCUT2D eigenvalue weighted by Gasteiger charge is -2.15. The normalized spacial score (nSPS) is 14.1. The molecule has 0 N–H and O–H groups in total. The Morgan fingerprint density at radius 3 is 2.00 bits per heavy atom. The number of rotatable bonds is 7. The zero-order chi connectivity index (χ0) is 20.9. The van der Waals surface area contributed by atoms with E-state index in [2.05, 4.69) is 6.92 Å². The molecule has 0 saturated carbocycles. The van der Waals surface area contributed by atoms with Crippen molar-refractivity contribution in [1.29, 1.82) is 0 Å². The van der Waals surface area contributed by atoms with E-state index in [1.54, 1.807) is 0 Å². The first-order valence-corrected chi connectivity index (χ1v) is 10.4. The van der Waals surface area contributed by atoms with Crippen LogP contribution < -0.4 is 0 Å². The Bertz CT molecular complexity index is 1140. The Kier molecular flexibility index (Phi) is 5.85. The molecule has 0 saturated heterocycles. The van der Waals surface area contributed by atoms with Crippen LogP contribution in [0.15, 0.2) is 90.5 Å². The van der Waals surface area contributed by atoms with E-state index in [0.29, 0.717) is 23.1 Å². The molecule has 0 atom stereocenters. The number of fused-ring (bicyclic) bond motifs is 1. The van der Waals surface area contributed by atoms with Crippen LogP contribution >= 0.6 is 0 Å². The lowest BCUT2D eigenvalue weighted by atomic mass is 9.86. The fourth-order valence-electron chi connectivity index (χ4n) is 3.91. The largest absolute Gasteiger partial charge is 0.294 e. The van der Waals surface area contributed by atoms with Gasteiger partial charge in [0.15, 0.2) is 11.6 Å². The number of carbonyl (C=O) groups is 2. The molecule has 0 heterocycles. The molecule has 0 spiro atoms. The monoisotopic (exact) mass is 392 g/mol. The number of benzene rings is 3. The van der Waals surface area contributed by atoms with E-state index in [9.17, 15) is 9.59 Å². The lowest BCUT2D eigenvalue weighted by molar-refractivity contribution is -0.115. The number of unbranched alkanes of at least 4 members (excludes halogenated alkanes) is 1. The van der Waals surface area contributed by atoms with Crippen LogP contribution in [0.25, 0.3) is 17.2 Å². The highest BCUT2D eigenvalue weighted by Gasteiger charge is 2.30. The first-order chi connectivity index (χ1) is 14.7. The van der Waals surface area contributed by atoms with E-state index in [-0.39, 0.29) is 11.6 Å². The van der Waals surface area contributed by atoms with E-state index in [1.165, 1.54) is 0 Å². The summed E-state index contributed by atoms with van der Waals surface area (Å²) in [5.41, 5.74) is 5.37. The summed E-state index contributed by atoms with van der Waals surface area (Å²) in [7, 11) is 0. The molecule has 4 rings (SSSR count). The van der Waals surface area contributed by atoms with Crippen LogP contribution in [-0.4, -0.2) is 11.6 Å². The van der Waals surface area contributed by atoms with Gasteiger partial charge in [-0.05, 0) is 29.2 Å². The van der Waals surface area contributed by atoms with Crippen LogP contribution in [0, 0.1) is 0 Å². The quantitative estimate of drug-likeness (QED) is 0.334. The van der Waals surface area contributed by atoms with E-state index in [0.717, 1.165) is 35.1 Å². The number of allylic oxidation sites excluding steroid dienone is 3. The molecule has 0 unspecified atom stereocenters. The number of hydrogen-bond acceptors (Lipinski definition) is 2. The van der Waals surface area contributed by atoms with Crippen molar-refractivity contribution in [2.45, 2.75) is 26.2 Å². The standard InChI is InChI=1S/C28H24O2/c1-2-3-18-25(29)24-19-22-16-10-11-17-23(22)27(24)26(20-12-6-4-7-13-20)28(30)21-14-8-5-9-15-21/h4-17,19H,2-3,18H2,1H3/b27-26+. The molecule has 3 aromatic rings. The highest BCUT2D eigenvalue weighted by molar-refractivity contribution is 6.39. The molecule has 0 aromatic heterocycles. The third kappa shape index (κ3) is 3.81. The van der Waals surface area contributed by atoms with Gasteiger partial charge in [0, 0.05) is 28.7 Å². The van der Waals surface area contributed by atoms with Crippen molar-refractivity contribution in [2.24, 2.45) is 0 Å². The second kappa shape index (κ2) is 8.87. The molecule has 0 fully saturated rings. The number of hydrogen-bond donors (Lipinski definition) is 0. The van der Waals surface area contributed by atoms with Gasteiger partial charge in [0.2, 0.25) is 0 Å². The summed E-state index contributed by atoms with van der Waals surface area (Å²) in [4.78, 5) is 26.9. The van der Waals surface area contributed by atoms with E-state index < -0.39 is 0 Å². The number of carbonyl (C=O) groups excluding carboxylic acids is 2. The molecule has 2 heteroatoms. The van der Waals surface area contributed by atoms with Crippen molar-refractivity contribution >= 4 is 28.8 Å². The van der Waals surface area contributed by atoms with Crippen LogP contribution in [0.5, 0.6) is 0 Å². The van der Waals surface area contributed by atoms with Crippen molar-refractivity contribution < 1.29 is 9.59 Å². The summed E-state index contributed by atoms with van der Waals surface area (Å²) >= 11 is 0. The van der Waals surface area contributed by atoms with Gasteiger partial charge in [0.25, 0.3) is 0 Å². The molecule has 0 radical (unpaired) electrons. The topological polar surface area (TPSA) is 34.1 Å². The van der Waals surface area contributed by atoms with Crippen LogP contribution in [-0.2, 0) is 4.79 Å². The molecule has 0 aliphatic heterocycles. The molecule has 1 aliphatic rings. The first kappa shape index (κ1) is 19.8. The smallest absolute Gasteiger partial charge is 0.194 e. The summed E-state index contributed by atoms with van der Waals surface area (Å²) in [5, 5.41) is 0. The summed E-state index contributed by atoms with van der Waals surface area (Å²) in [6.45, 7) is 2.08. The van der Waals surface area contributed by atoms with Gasteiger partial charge >= 0.3 is 0 Å². The number of Topliss-reactive ketones (excluding diaryl/α,β-unsaturated/α-hetero) is 2. The molecule has 2 nitrogen and oxygen atoms in total. The van der Waals surface area contributed by atoms with Crippen LogP contribution in [0.3, 0.4) is 0 Å². The minimum Gasteiger partial charge on any atom is -0.294 e. The SMILES string of the molecule is CCCCC(=O)C1=Cc2ccccc2/C1=C(\C(=O)c1ccccc1)c1ccccc1. The fraction of sp³-hybridized carbons (Fsp3) is 0.143. The maximum Gasteiger partial charge on any atom is 0.194 e. The second-order valence-corrected chi connectivity index (χ2v) is 7.48. The maximum absolute atomic E-state index is 13.7. The zero-order valence-electron chi connectivity index (χ0n) is 17.1. The minimum absolute atomic E-state index is 0.0669. The Morgan fingerprint density at radius 2 is 1.33 bits per heavy atom. The molecule has 3 aromatic carbocycles. The average molecular weight is 392 g/mol. The molecule has 0 amide bonds. The van der Waals surface area contributed by atoms with Gasteiger partial charge < -0.3 is 0 Å². The molecular formula is C28H24O2. The summed E-state index contributed by atoms with van der Waals surface area (Å²) < 4.78 is 0. The predicted molar refractivity (Wildman–Crippen MR) is 123 cm³/mol. The summed E-state index contributed by atoms with van der Waals surface area (Å²) in [6, 6.07) is 26.9. The van der Waals surface area contributed by atoms with Crippen molar-refractivity contribution in [2.75, 3.05) is 0 Å². The van der Waals surface area contributed by atoms with Gasteiger partial charge in [-0.3, -0.25) is 9.59 Å². The van der Waals surface area contributed by atoms with Crippen LogP contribution in [0.1, 0.15) is 53.2 Å². The molecule has 148 valence electrons. The van der Waals surface area contributed by atoms with Gasteiger partial charge in [-0.2, -0.15) is 0 Å². The Balaban J connectivity index is 1.97. The van der Waals surface area contributed by atoms with Gasteiger partial charge in [-0.15, -0.1) is 0 Å². The summed E-state index contributed by atoms with van der Waals surface area (Å²) in [6.07, 6.45) is 4.23. The zero-order valence-corrected chi connectivity index (χ0v) is 17.1. The highest BCUT2D eigenvalue weighted by Crippen LogP contribution is 2.42. The highest BCUT2D eigenvalue weighted by atomic mass is 16.1. The van der Waals surface area contributed by atoms with Gasteiger partial charge in [0.1, 0.15) is 0 Å². The Hall–Kier alpha value is -3.52. The van der Waals surface area contributed by atoms with Crippen LogP contribution in [0.2, 0.25) is 0 Å². The average Bonchev–Trinajstić information content (AvgIpc) is 3.18. The van der Waals surface area contributed by atoms with Gasteiger partial charge in [0.05, 0.1) is 0 Å². The molecular weight excluding hydrogens is 368 g/mol. The Morgan fingerprint density at radius 1 is 0.733 bits per heavy atom. The number of ketones is 2. The third-order valence-corrected chi connectivity index (χ3v) is 5.43. The fourth-order valence-corrected chi connectivity index (χ4v) is 3.91. The molecule has 1 aliphatic carbocycles. The third-order valence-electron chi connectivity index (χ3n) is 5.43. The summed E-state index contributed by atoms with van der Waals surface area (Å²) in [5.74, 6) is 0.0278. The molecule has 0 bridgehead atoms. The Labute approximate surface area is 177 Å². The predicted octanol–water partition coefficient (Wildman–Crippen LogP) is 6.64. The van der Waals surface area contributed by atoms with Crippen molar-refractivity contribution in [3.63, 3.8) is 0 Å². The van der Waals surface area contributed by atoms with Crippen LogP contribution in [0.4, 0.5) is 0 Å². The van der Waals surface area contributed by atoms with E-state index in [4.69, 9.17) is 0 Å². The van der Waals surface area contributed by atoms with Crippen molar-refractivity contribution in [3.05, 3.63) is 113 Å². The lowest BCUT2D eigenvalue weighted by Crippen LogP contribution is -2.10. The van der Waals surface area contributed by atoms with E-state index >= 15 is 0 Å². The van der Waals surface area contributed by atoms with Crippen molar-refractivity contribution in [3.8, 4) is 0 Å². The first-order valence-electron chi connectivity index (χ1n) is 10.4. The second-order valence-electron chi connectivity index (χ2n) is 7.48. The van der Waals surface area contributed by atoms with E-state index in [1.807, 2.05) is 91.0 Å². The minimum atomic E-state index is -0.0669. The van der Waals surface area contributed by atoms with Gasteiger partial charge in [-0.1, -0.05) is 98.3 Å². The van der Waals surface area contributed by atoms with Gasteiger partial charge in [-0.25, -0.2) is 0 Å².